The molecule has 2 aromatic rings. The topological polar surface area (TPSA) is 63.2 Å². The second kappa shape index (κ2) is 8.12. The molecule has 2 aromatic heterocycles. The highest BCUT2D eigenvalue weighted by Crippen LogP contribution is 2.15. The molecule has 0 aromatic carbocycles. The van der Waals surface area contributed by atoms with Gasteiger partial charge in [0.25, 0.3) is 0 Å². The van der Waals surface area contributed by atoms with E-state index < -0.39 is 0 Å². The molecule has 1 N–H and O–H groups in total. The molecule has 0 unspecified atom stereocenters. The summed E-state index contributed by atoms with van der Waals surface area (Å²) < 4.78 is 5.59. The number of nitrogens with zero attached hydrogens (tertiary/aromatic N) is 4. The molecule has 6 nitrogen and oxygen atoms in total. The van der Waals surface area contributed by atoms with Crippen molar-refractivity contribution in [2.75, 3.05) is 31.1 Å². The summed E-state index contributed by atoms with van der Waals surface area (Å²) in [5, 5.41) is 3.76. The summed E-state index contributed by atoms with van der Waals surface area (Å²) in [5.41, 5.74) is 0.749. The van der Waals surface area contributed by atoms with E-state index in [1.807, 2.05) is 18.2 Å². The fourth-order valence-electron chi connectivity index (χ4n) is 2.14. The third-order valence-corrected chi connectivity index (χ3v) is 3.39. The van der Waals surface area contributed by atoms with Crippen LogP contribution in [-0.4, -0.2) is 41.1 Å². The Morgan fingerprint density at radius 2 is 2.00 bits per heavy atom. The highest BCUT2D eigenvalue weighted by Gasteiger charge is 2.12. The molecule has 0 aliphatic carbocycles. The maximum Gasteiger partial charge on any atom is 0.318 e. The number of halogens is 2. The smallest absolute Gasteiger partial charge is 0.318 e. The van der Waals surface area contributed by atoms with Gasteiger partial charge >= 0.3 is 6.01 Å². The summed E-state index contributed by atoms with van der Waals surface area (Å²) in [5.74, 6) is 0.889. The van der Waals surface area contributed by atoms with Crippen LogP contribution < -0.4 is 15.0 Å². The zero-order valence-electron chi connectivity index (χ0n) is 11.9. The summed E-state index contributed by atoms with van der Waals surface area (Å²) in [7, 11) is 0. The van der Waals surface area contributed by atoms with E-state index in [1.165, 1.54) is 0 Å². The number of nitrogens with one attached hydrogen (secondary N) is 1. The predicted octanol–water partition coefficient (Wildman–Crippen LogP) is 1.94. The van der Waals surface area contributed by atoms with E-state index in [2.05, 4.69) is 25.2 Å². The van der Waals surface area contributed by atoms with Gasteiger partial charge in [-0.05, 0) is 18.2 Å². The van der Waals surface area contributed by atoms with Gasteiger partial charge in [-0.3, -0.25) is 0 Å². The Balaban J connectivity index is 0.00000176. The number of ether oxygens (including phenoxy) is 1. The Kier molecular flexibility index (Phi) is 6.18. The van der Waals surface area contributed by atoms with Gasteiger partial charge in [0.2, 0.25) is 0 Å². The van der Waals surface area contributed by atoms with E-state index in [1.54, 1.807) is 12.3 Å². The van der Waals surface area contributed by atoms with Crippen molar-refractivity contribution in [3.63, 3.8) is 0 Å². The van der Waals surface area contributed by atoms with Crippen LogP contribution in [0.2, 0.25) is 5.15 Å². The lowest BCUT2D eigenvalue weighted by Crippen LogP contribution is -2.43. The van der Waals surface area contributed by atoms with Crippen molar-refractivity contribution in [3.05, 3.63) is 41.3 Å². The Hall–Kier alpha value is -1.63. The molecule has 1 saturated heterocycles. The summed E-state index contributed by atoms with van der Waals surface area (Å²) in [6, 6.07) is 7.67. The van der Waals surface area contributed by atoms with Gasteiger partial charge in [0.15, 0.2) is 0 Å². The van der Waals surface area contributed by atoms with Crippen molar-refractivity contribution in [2.45, 2.75) is 6.61 Å². The van der Waals surface area contributed by atoms with Crippen molar-refractivity contribution in [1.29, 1.82) is 0 Å². The van der Waals surface area contributed by atoms with Crippen molar-refractivity contribution in [2.24, 2.45) is 0 Å². The highest BCUT2D eigenvalue weighted by atomic mass is 35.5. The minimum absolute atomic E-state index is 0. The van der Waals surface area contributed by atoms with Crippen LogP contribution in [0.15, 0.2) is 30.5 Å². The Morgan fingerprint density at radius 1 is 1.18 bits per heavy atom. The molecule has 1 aliphatic heterocycles. The van der Waals surface area contributed by atoms with Crippen LogP contribution in [0.25, 0.3) is 0 Å². The lowest BCUT2D eigenvalue weighted by molar-refractivity contribution is 0.276. The monoisotopic (exact) mass is 341 g/mol. The van der Waals surface area contributed by atoms with Crippen LogP contribution in [0.4, 0.5) is 5.82 Å². The van der Waals surface area contributed by atoms with Gasteiger partial charge in [0, 0.05) is 32.4 Å². The fourth-order valence-corrected chi connectivity index (χ4v) is 2.32. The van der Waals surface area contributed by atoms with Crippen LogP contribution >= 0.6 is 24.0 Å². The highest BCUT2D eigenvalue weighted by molar-refractivity contribution is 6.29. The number of rotatable bonds is 4. The second-order valence-corrected chi connectivity index (χ2v) is 5.06. The van der Waals surface area contributed by atoms with E-state index in [9.17, 15) is 0 Å². The second-order valence-electron chi connectivity index (χ2n) is 4.67. The zero-order chi connectivity index (χ0) is 14.5. The Labute approximate surface area is 140 Å². The number of hydrogen-bond donors (Lipinski definition) is 1. The van der Waals surface area contributed by atoms with E-state index in [4.69, 9.17) is 16.3 Å². The number of piperazine rings is 1. The van der Waals surface area contributed by atoms with Crippen molar-refractivity contribution in [3.8, 4) is 6.01 Å². The first-order valence-electron chi connectivity index (χ1n) is 6.84. The van der Waals surface area contributed by atoms with Crippen LogP contribution in [0.1, 0.15) is 5.69 Å². The third-order valence-electron chi connectivity index (χ3n) is 3.18. The maximum atomic E-state index is 5.84. The summed E-state index contributed by atoms with van der Waals surface area (Å²) in [6.45, 7) is 4.10. The molecule has 118 valence electrons. The minimum atomic E-state index is 0. The molecule has 1 aliphatic rings. The SMILES string of the molecule is Cl.Clc1cccc(COc2nccc(N3CCNCC3)n2)n1. The molecule has 0 spiro atoms. The molecule has 0 radical (unpaired) electrons. The lowest BCUT2D eigenvalue weighted by Gasteiger charge is -2.28. The van der Waals surface area contributed by atoms with E-state index >= 15 is 0 Å². The lowest BCUT2D eigenvalue weighted by atomic mass is 10.3. The predicted molar refractivity (Wildman–Crippen MR) is 87.9 cm³/mol. The fraction of sp³-hybridized carbons (Fsp3) is 0.357. The molecule has 0 saturated carbocycles. The van der Waals surface area contributed by atoms with Crippen LogP contribution in [0.3, 0.4) is 0 Å². The van der Waals surface area contributed by atoms with E-state index in [0.29, 0.717) is 17.8 Å². The first-order chi connectivity index (χ1) is 10.3. The molecule has 22 heavy (non-hydrogen) atoms. The molecule has 8 heteroatoms. The third kappa shape index (κ3) is 4.43. The maximum absolute atomic E-state index is 5.84. The van der Waals surface area contributed by atoms with Crippen LogP contribution in [0.5, 0.6) is 6.01 Å². The van der Waals surface area contributed by atoms with Gasteiger partial charge in [-0.1, -0.05) is 17.7 Å². The number of anilines is 1. The molecule has 3 rings (SSSR count). The van der Waals surface area contributed by atoms with Gasteiger partial charge < -0.3 is 15.0 Å². The average molecular weight is 342 g/mol. The number of hydrogen-bond acceptors (Lipinski definition) is 6. The zero-order valence-corrected chi connectivity index (χ0v) is 13.5. The van der Waals surface area contributed by atoms with E-state index in [0.717, 1.165) is 37.7 Å². The van der Waals surface area contributed by atoms with Crippen LogP contribution in [0, 0.1) is 0 Å². The first-order valence-corrected chi connectivity index (χ1v) is 7.22. The molecular weight excluding hydrogens is 325 g/mol. The molecule has 0 bridgehead atoms. The minimum Gasteiger partial charge on any atom is -0.457 e. The van der Waals surface area contributed by atoms with Gasteiger partial charge in [0.05, 0.1) is 5.69 Å². The van der Waals surface area contributed by atoms with E-state index in [-0.39, 0.29) is 12.4 Å². The first kappa shape index (κ1) is 16.7. The molecule has 1 fully saturated rings. The number of aromatic nitrogens is 3. The summed E-state index contributed by atoms with van der Waals surface area (Å²) >= 11 is 5.84. The normalized spacial score (nSPS) is 14.3. The molecule has 0 amide bonds. The summed E-state index contributed by atoms with van der Waals surface area (Å²) in [6.07, 6.45) is 1.71. The standard InChI is InChI=1S/C14H16ClN5O.ClH/c15-12-3-1-2-11(18-12)10-21-14-17-5-4-13(19-14)20-8-6-16-7-9-20;/h1-5,16H,6-10H2;1H. The van der Waals surface area contributed by atoms with Crippen molar-refractivity contribution < 1.29 is 4.74 Å². The molecule has 3 heterocycles. The molecule has 0 atom stereocenters. The van der Waals surface area contributed by atoms with Crippen molar-refractivity contribution in [1.82, 2.24) is 20.3 Å². The number of pyridine rings is 1. The van der Waals surface area contributed by atoms with Crippen LogP contribution in [-0.2, 0) is 6.61 Å². The Bertz CT molecular complexity index is 607. The van der Waals surface area contributed by atoms with Gasteiger partial charge in [-0.15, -0.1) is 12.4 Å². The van der Waals surface area contributed by atoms with Gasteiger partial charge in [-0.25, -0.2) is 9.97 Å². The quantitative estimate of drug-likeness (QED) is 0.857. The van der Waals surface area contributed by atoms with Gasteiger partial charge in [0.1, 0.15) is 17.6 Å². The summed E-state index contributed by atoms with van der Waals surface area (Å²) in [4.78, 5) is 15.0. The Morgan fingerprint density at radius 3 is 2.77 bits per heavy atom. The largest absolute Gasteiger partial charge is 0.457 e. The van der Waals surface area contributed by atoms with Gasteiger partial charge in [-0.2, -0.15) is 4.98 Å². The molecular formula is C14H17Cl2N5O. The van der Waals surface area contributed by atoms with Crippen molar-refractivity contribution >= 4 is 29.8 Å². The average Bonchev–Trinajstić information content (AvgIpc) is 2.54.